The smallest absolute Gasteiger partial charge is 0.258 e. The van der Waals surface area contributed by atoms with Crippen LogP contribution in [0.4, 0.5) is 0 Å². The lowest BCUT2D eigenvalue weighted by molar-refractivity contribution is 0.372. The third-order valence-corrected chi connectivity index (χ3v) is 6.47. The third kappa shape index (κ3) is 4.88. The van der Waals surface area contributed by atoms with E-state index in [-0.39, 0.29) is 11.8 Å². The van der Waals surface area contributed by atoms with Crippen molar-refractivity contribution in [3.63, 3.8) is 0 Å². The van der Waals surface area contributed by atoms with Crippen LogP contribution < -0.4 is 10.1 Å². The van der Waals surface area contributed by atoms with Crippen molar-refractivity contribution in [1.82, 2.24) is 20.4 Å². The van der Waals surface area contributed by atoms with E-state index in [1.54, 1.807) is 24.3 Å². The molecule has 0 amide bonds. The van der Waals surface area contributed by atoms with Gasteiger partial charge >= 0.3 is 0 Å². The monoisotopic (exact) mass is 498 g/mol. The summed E-state index contributed by atoms with van der Waals surface area (Å²) < 4.78 is 11.0. The lowest BCUT2D eigenvalue weighted by Crippen LogP contribution is -2.46. The van der Waals surface area contributed by atoms with Gasteiger partial charge in [-0.05, 0) is 67.5 Å². The van der Waals surface area contributed by atoms with Crippen molar-refractivity contribution in [1.29, 1.82) is 0 Å². The Hall–Kier alpha value is -3.10. The number of nitrogens with zero attached hydrogens (tertiary/aromatic N) is 3. The number of hydrogen-bond donors (Lipinski definition) is 2. The Morgan fingerprint density at radius 2 is 1.97 bits per heavy atom. The molecule has 1 aromatic heterocycles. The predicted molar refractivity (Wildman–Crippen MR) is 137 cm³/mol. The maximum atomic E-state index is 10.4. The molecule has 2 N–H and O–H groups in total. The number of phenols is 1. The van der Waals surface area contributed by atoms with E-state index in [0.717, 1.165) is 48.2 Å². The van der Waals surface area contributed by atoms with Crippen LogP contribution in [0.15, 0.2) is 52.7 Å². The van der Waals surface area contributed by atoms with Gasteiger partial charge in [0.1, 0.15) is 0 Å². The Morgan fingerprint density at radius 3 is 2.65 bits per heavy atom. The van der Waals surface area contributed by atoms with Crippen molar-refractivity contribution < 1.29 is 14.4 Å². The standard InChI is InChI=1S/C25H27ClN4O3S/c1-4-5-6-13-30-15(2)21(24-28-23(29-33-24)16-7-10-18(26)11-8-16)22(27-25(30)34)17-9-12-20(32-3)19(31)14-17/h7-12,14,22,31H,4-6,13H2,1-3H3,(H,27,34). The van der Waals surface area contributed by atoms with Crippen molar-refractivity contribution in [3.8, 4) is 22.9 Å². The van der Waals surface area contributed by atoms with Gasteiger partial charge in [-0.25, -0.2) is 0 Å². The van der Waals surface area contributed by atoms with Gasteiger partial charge in [-0.2, -0.15) is 4.98 Å². The fourth-order valence-electron chi connectivity index (χ4n) is 4.03. The zero-order valence-corrected chi connectivity index (χ0v) is 20.9. The molecule has 178 valence electrons. The molecule has 9 heteroatoms. The fourth-order valence-corrected chi connectivity index (χ4v) is 4.51. The van der Waals surface area contributed by atoms with Crippen molar-refractivity contribution >= 4 is 34.5 Å². The number of ether oxygens (including phenoxy) is 1. The highest BCUT2D eigenvalue weighted by Crippen LogP contribution is 2.40. The number of aromatic nitrogens is 2. The van der Waals surface area contributed by atoms with Crippen LogP contribution in [0.25, 0.3) is 17.0 Å². The Kier molecular flexibility index (Phi) is 7.38. The highest BCUT2D eigenvalue weighted by Gasteiger charge is 2.34. The number of hydrogen-bond acceptors (Lipinski definition) is 6. The molecule has 0 radical (unpaired) electrons. The minimum absolute atomic E-state index is 0.0440. The highest BCUT2D eigenvalue weighted by atomic mass is 35.5. The number of allylic oxidation sites excluding steroid dienone is 1. The molecule has 34 heavy (non-hydrogen) atoms. The average Bonchev–Trinajstić information content (AvgIpc) is 3.31. The number of methoxy groups -OCH3 is 1. The van der Waals surface area contributed by atoms with Crippen LogP contribution in [-0.4, -0.2) is 38.9 Å². The molecule has 1 atom stereocenters. The largest absolute Gasteiger partial charge is 0.504 e. The first kappa shape index (κ1) is 24.0. The molecule has 0 saturated carbocycles. The summed E-state index contributed by atoms with van der Waals surface area (Å²) in [7, 11) is 1.52. The minimum Gasteiger partial charge on any atom is -0.504 e. The molecule has 1 unspecified atom stereocenters. The zero-order valence-electron chi connectivity index (χ0n) is 19.3. The molecule has 1 aliphatic rings. The van der Waals surface area contributed by atoms with Crippen molar-refractivity contribution in [2.75, 3.05) is 13.7 Å². The van der Waals surface area contributed by atoms with E-state index in [0.29, 0.717) is 27.6 Å². The van der Waals surface area contributed by atoms with Gasteiger partial charge in [0.05, 0.1) is 18.7 Å². The van der Waals surface area contributed by atoms with Gasteiger partial charge in [0.2, 0.25) is 5.82 Å². The Morgan fingerprint density at radius 1 is 1.21 bits per heavy atom. The van der Waals surface area contributed by atoms with Crippen LogP contribution in [-0.2, 0) is 0 Å². The number of aromatic hydroxyl groups is 1. The highest BCUT2D eigenvalue weighted by molar-refractivity contribution is 7.80. The average molecular weight is 499 g/mol. The number of benzene rings is 2. The van der Waals surface area contributed by atoms with E-state index in [1.807, 2.05) is 25.1 Å². The van der Waals surface area contributed by atoms with E-state index in [1.165, 1.54) is 7.11 Å². The molecule has 0 spiro atoms. The summed E-state index contributed by atoms with van der Waals surface area (Å²) in [5.41, 5.74) is 3.35. The summed E-state index contributed by atoms with van der Waals surface area (Å²) in [6.07, 6.45) is 3.24. The van der Waals surface area contributed by atoms with Crippen LogP contribution in [0.5, 0.6) is 11.5 Å². The second kappa shape index (κ2) is 10.4. The zero-order chi connectivity index (χ0) is 24.2. The topological polar surface area (TPSA) is 83.7 Å². The van der Waals surface area contributed by atoms with Crippen LogP contribution in [0.1, 0.15) is 50.6 Å². The molecule has 2 aromatic carbocycles. The molecule has 0 fully saturated rings. The SMILES string of the molecule is CCCCCN1C(=S)NC(c2ccc(OC)c(O)c2)C(c2nc(-c3ccc(Cl)cc3)no2)=C1C. The van der Waals surface area contributed by atoms with E-state index in [2.05, 4.69) is 22.3 Å². The molecule has 2 heterocycles. The molecule has 0 bridgehead atoms. The number of unbranched alkanes of at least 4 members (excludes halogenated alkanes) is 2. The number of phenolic OH excluding ortho intramolecular Hbond substituents is 1. The van der Waals surface area contributed by atoms with Gasteiger partial charge in [-0.15, -0.1) is 0 Å². The second-order valence-corrected chi connectivity index (χ2v) is 8.92. The summed E-state index contributed by atoms with van der Waals surface area (Å²) >= 11 is 11.7. The van der Waals surface area contributed by atoms with E-state index in [4.69, 9.17) is 38.1 Å². The molecule has 4 rings (SSSR count). The molecule has 0 aliphatic carbocycles. The molecular weight excluding hydrogens is 472 g/mol. The quantitative estimate of drug-likeness (QED) is 0.291. The van der Waals surface area contributed by atoms with Crippen LogP contribution in [0.2, 0.25) is 5.02 Å². The molecular formula is C25H27ClN4O3S. The van der Waals surface area contributed by atoms with Gasteiger partial charge < -0.3 is 24.6 Å². The van der Waals surface area contributed by atoms with Gasteiger partial charge in [0.15, 0.2) is 16.6 Å². The Bertz CT molecular complexity index is 1210. The third-order valence-electron chi connectivity index (χ3n) is 5.88. The van der Waals surface area contributed by atoms with E-state index < -0.39 is 0 Å². The van der Waals surface area contributed by atoms with Gasteiger partial charge in [0, 0.05) is 22.8 Å². The maximum absolute atomic E-state index is 10.4. The number of rotatable bonds is 8. The fraction of sp³-hybridized carbons (Fsp3) is 0.320. The maximum Gasteiger partial charge on any atom is 0.258 e. The number of thiocarbonyl (C=S) groups is 1. The van der Waals surface area contributed by atoms with Gasteiger partial charge in [-0.1, -0.05) is 42.6 Å². The molecule has 1 aliphatic heterocycles. The van der Waals surface area contributed by atoms with Crippen LogP contribution in [0, 0.1) is 0 Å². The van der Waals surface area contributed by atoms with Crippen LogP contribution >= 0.6 is 23.8 Å². The van der Waals surface area contributed by atoms with Crippen molar-refractivity contribution in [3.05, 3.63) is 64.6 Å². The first-order valence-electron chi connectivity index (χ1n) is 11.2. The molecule has 3 aromatic rings. The molecule has 7 nitrogen and oxygen atoms in total. The van der Waals surface area contributed by atoms with Crippen LogP contribution in [0.3, 0.4) is 0 Å². The minimum atomic E-state index is -0.384. The summed E-state index contributed by atoms with van der Waals surface area (Å²) in [5, 5.41) is 19.3. The molecule has 0 saturated heterocycles. The normalized spacial score (nSPS) is 16.1. The summed E-state index contributed by atoms with van der Waals surface area (Å²) in [6.45, 7) is 4.97. The Labute approximate surface area is 209 Å². The lowest BCUT2D eigenvalue weighted by Gasteiger charge is -2.37. The van der Waals surface area contributed by atoms with Crippen molar-refractivity contribution in [2.45, 2.75) is 39.2 Å². The Balaban J connectivity index is 1.78. The second-order valence-electron chi connectivity index (χ2n) is 8.10. The lowest BCUT2D eigenvalue weighted by atomic mass is 9.94. The van der Waals surface area contributed by atoms with Gasteiger partial charge in [-0.3, -0.25) is 0 Å². The van der Waals surface area contributed by atoms with Gasteiger partial charge in [0.25, 0.3) is 5.89 Å². The number of halogens is 1. The first-order valence-corrected chi connectivity index (χ1v) is 12.0. The van der Waals surface area contributed by atoms with E-state index >= 15 is 0 Å². The predicted octanol–water partition coefficient (Wildman–Crippen LogP) is 5.96. The summed E-state index contributed by atoms with van der Waals surface area (Å²) in [4.78, 5) is 6.77. The first-order chi connectivity index (χ1) is 16.4. The van der Waals surface area contributed by atoms with E-state index in [9.17, 15) is 5.11 Å². The van der Waals surface area contributed by atoms with Crippen molar-refractivity contribution in [2.24, 2.45) is 0 Å². The summed E-state index contributed by atoms with van der Waals surface area (Å²) in [6, 6.07) is 12.2. The number of nitrogens with one attached hydrogen (secondary N) is 1. The summed E-state index contributed by atoms with van der Waals surface area (Å²) in [5.74, 6) is 1.29.